The van der Waals surface area contributed by atoms with Crippen molar-refractivity contribution in [2.45, 2.75) is 27.3 Å². The van der Waals surface area contributed by atoms with Crippen molar-refractivity contribution in [3.63, 3.8) is 0 Å². The molecule has 0 fully saturated rings. The first kappa shape index (κ1) is 19.7. The van der Waals surface area contributed by atoms with Crippen molar-refractivity contribution in [2.24, 2.45) is 0 Å². The van der Waals surface area contributed by atoms with Crippen molar-refractivity contribution in [2.75, 3.05) is 32.6 Å². The number of aryl methyl sites for hydroxylation is 1. The zero-order valence-electron chi connectivity index (χ0n) is 16.2. The first-order chi connectivity index (χ1) is 12.3. The summed E-state index contributed by atoms with van der Waals surface area (Å²) in [5.41, 5.74) is 3.50. The average molecular weight is 358 g/mol. The van der Waals surface area contributed by atoms with Crippen molar-refractivity contribution >= 4 is 17.4 Å². The first-order valence-electron chi connectivity index (χ1n) is 8.80. The number of likely N-dealkylation sites (N-methyl/N-ethyl adjacent to an activating group) is 1. The molecule has 1 unspecified atom stereocenters. The van der Waals surface area contributed by atoms with Gasteiger partial charge >= 0.3 is 0 Å². The lowest BCUT2D eigenvalue weighted by molar-refractivity contribution is -0.861. The molecule has 6 nitrogen and oxygen atoms in total. The molecule has 1 aromatic carbocycles. The Bertz CT molecular complexity index is 796. The summed E-state index contributed by atoms with van der Waals surface area (Å²) >= 11 is 0. The third-order valence-electron chi connectivity index (χ3n) is 4.47. The van der Waals surface area contributed by atoms with E-state index in [-0.39, 0.29) is 24.8 Å². The van der Waals surface area contributed by atoms with Crippen LogP contribution in [-0.4, -0.2) is 43.5 Å². The molecule has 0 aliphatic heterocycles. The monoisotopic (exact) mass is 358 g/mol. The number of carbonyl (C=O) groups is 2. The molecule has 0 radical (unpaired) electrons. The van der Waals surface area contributed by atoms with E-state index in [1.807, 2.05) is 39.1 Å². The second kappa shape index (κ2) is 8.67. The number of aromatic nitrogens is 1. The van der Waals surface area contributed by atoms with Gasteiger partial charge in [0.05, 0.1) is 14.2 Å². The van der Waals surface area contributed by atoms with Crippen LogP contribution in [0.1, 0.15) is 28.7 Å². The number of hydrogen-bond donors (Lipinski definition) is 2. The maximum atomic E-state index is 12.6. The van der Waals surface area contributed by atoms with Crippen LogP contribution in [0.3, 0.4) is 0 Å². The Kier molecular flexibility index (Phi) is 6.58. The van der Waals surface area contributed by atoms with Gasteiger partial charge in [0.15, 0.2) is 6.54 Å². The molecule has 1 aromatic heterocycles. The first-order valence-corrected chi connectivity index (χ1v) is 8.80. The second-order valence-corrected chi connectivity index (χ2v) is 6.54. The summed E-state index contributed by atoms with van der Waals surface area (Å²) in [6.07, 6.45) is 0. The van der Waals surface area contributed by atoms with Crippen LogP contribution in [0.25, 0.3) is 0 Å². The highest BCUT2D eigenvalue weighted by Crippen LogP contribution is 2.16. The highest BCUT2D eigenvalue weighted by Gasteiger charge is 2.20. The molecule has 1 atom stereocenters. The number of nitrogens with zero attached hydrogens (tertiary/aromatic N) is 1. The van der Waals surface area contributed by atoms with Crippen LogP contribution in [-0.2, 0) is 11.3 Å². The molecule has 0 spiro atoms. The molecule has 0 bridgehead atoms. The van der Waals surface area contributed by atoms with E-state index < -0.39 is 0 Å². The third kappa shape index (κ3) is 4.73. The maximum absolute atomic E-state index is 12.6. The van der Waals surface area contributed by atoms with Gasteiger partial charge in [-0.1, -0.05) is 6.07 Å². The molecule has 2 aromatic rings. The Morgan fingerprint density at radius 2 is 1.92 bits per heavy atom. The number of carbonyl (C=O) groups excluding carboxylic acids is 2. The summed E-state index contributed by atoms with van der Waals surface area (Å²) in [4.78, 5) is 25.7. The lowest BCUT2D eigenvalue weighted by Gasteiger charge is -2.13. The van der Waals surface area contributed by atoms with Crippen LogP contribution >= 0.6 is 0 Å². The number of methoxy groups -OCH3 is 1. The zero-order chi connectivity index (χ0) is 19.3. The van der Waals surface area contributed by atoms with Crippen LogP contribution in [0.15, 0.2) is 30.3 Å². The molecule has 0 saturated heterocycles. The molecule has 2 N–H and O–H groups in total. The van der Waals surface area contributed by atoms with Gasteiger partial charge in [-0.25, -0.2) is 0 Å². The second-order valence-electron chi connectivity index (χ2n) is 6.54. The number of rotatable bonds is 8. The van der Waals surface area contributed by atoms with Crippen LogP contribution in [0, 0.1) is 13.8 Å². The van der Waals surface area contributed by atoms with Gasteiger partial charge in [0.25, 0.3) is 5.91 Å². The predicted molar refractivity (Wildman–Crippen MR) is 102 cm³/mol. The molecule has 1 heterocycles. The quantitative estimate of drug-likeness (QED) is 0.703. The Balaban J connectivity index is 1.94. The van der Waals surface area contributed by atoms with E-state index in [4.69, 9.17) is 4.74 Å². The van der Waals surface area contributed by atoms with Gasteiger partial charge in [-0.05, 0) is 39.0 Å². The minimum Gasteiger partial charge on any atom is -0.497 e. The lowest BCUT2D eigenvalue weighted by Crippen LogP contribution is -3.11. The molecule has 1 amide bonds. The SMILES string of the molecule is CCn1c(C)cc(C(=O)C[NH+](C)CC(=O)Nc2cccc(OC)c2)c1C. The maximum Gasteiger partial charge on any atom is 0.279 e. The number of nitrogens with one attached hydrogen (secondary N) is 2. The molecule has 0 aliphatic rings. The zero-order valence-corrected chi connectivity index (χ0v) is 16.2. The summed E-state index contributed by atoms with van der Waals surface area (Å²) in [6, 6.07) is 9.14. The van der Waals surface area contributed by atoms with E-state index in [1.54, 1.807) is 19.2 Å². The lowest BCUT2D eigenvalue weighted by atomic mass is 10.1. The number of ketones is 1. The summed E-state index contributed by atoms with van der Waals surface area (Å²) in [5, 5.41) is 2.84. The van der Waals surface area contributed by atoms with Crippen LogP contribution in [0.5, 0.6) is 5.75 Å². The number of hydrogen-bond acceptors (Lipinski definition) is 3. The summed E-state index contributed by atoms with van der Waals surface area (Å²) in [6.45, 7) is 7.38. The summed E-state index contributed by atoms with van der Waals surface area (Å²) in [5.74, 6) is 0.608. The topological polar surface area (TPSA) is 64.8 Å². The van der Waals surface area contributed by atoms with Gasteiger partial charge in [-0.15, -0.1) is 0 Å². The fraction of sp³-hybridized carbons (Fsp3) is 0.400. The highest BCUT2D eigenvalue weighted by atomic mass is 16.5. The smallest absolute Gasteiger partial charge is 0.279 e. The molecule has 0 aliphatic carbocycles. The number of benzene rings is 1. The molecule has 26 heavy (non-hydrogen) atoms. The summed E-state index contributed by atoms with van der Waals surface area (Å²) in [7, 11) is 3.43. The number of ether oxygens (including phenoxy) is 1. The largest absolute Gasteiger partial charge is 0.497 e. The number of quaternary nitrogens is 1. The van der Waals surface area contributed by atoms with Gasteiger partial charge in [0.2, 0.25) is 5.78 Å². The van der Waals surface area contributed by atoms with Crippen LogP contribution in [0.4, 0.5) is 5.69 Å². The van der Waals surface area contributed by atoms with Gasteiger partial charge < -0.3 is 19.5 Å². The van der Waals surface area contributed by atoms with E-state index in [0.717, 1.165) is 28.4 Å². The molecule has 6 heteroatoms. The molecule has 2 rings (SSSR count). The van der Waals surface area contributed by atoms with Crippen molar-refractivity contribution in [3.8, 4) is 5.75 Å². The van der Waals surface area contributed by atoms with Crippen molar-refractivity contribution in [1.82, 2.24) is 4.57 Å². The Labute approximate surface area is 154 Å². The minimum atomic E-state index is -0.136. The Morgan fingerprint density at radius 1 is 1.19 bits per heavy atom. The minimum absolute atomic E-state index is 0.0597. The molecule has 0 saturated carbocycles. The normalized spacial score (nSPS) is 11.9. The van der Waals surface area contributed by atoms with E-state index >= 15 is 0 Å². The van der Waals surface area contributed by atoms with Crippen LogP contribution in [0.2, 0.25) is 0 Å². The molecule has 140 valence electrons. The highest BCUT2D eigenvalue weighted by molar-refractivity contribution is 5.98. The Morgan fingerprint density at radius 3 is 2.54 bits per heavy atom. The van der Waals surface area contributed by atoms with Crippen molar-refractivity contribution in [3.05, 3.63) is 47.3 Å². The third-order valence-corrected chi connectivity index (χ3v) is 4.47. The predicted octanol–water partition coefficient (Wildman–Crippen LogP) is 1.47. The van der Waals surface area contributed by atoms with Gasteiger partial charge in [-0.2, -0.15) is 0 Å². The van der Waals surface area contributed by atoms with Gasteiger partial charge in [0.1, 0.15) is 12.3 Å². The van der Waals surface area contributed by atoms with E-state index in [1.165, 1.54) is 0 Å². The molecular weight excluding hydrogens is 330 g/mol. The van der Waals surface area contributed by atoms with E-state index in [9.17, 15) is 9.59 Å². The fourth-order valence-corrected chi connectivity index (χ4v) is 3.18. The van der Waals surface area contributed by atoms with Gasteiger partial charge in [-0.3, -0.25) is 9.59 Å². The van der Waals surface area contributed by atoms with E-state index in [0.29, 0.717) is 11.4 Å². The molecular formula is C20H28N3O3+. The van der Waals surface area contributed by atoms with Crippen molar-refractivity contribution in [1.29, 1.82) is 0 Å². The Hall–Kier alpha value is -2.60. The number of anilines is 1. The average Bonchev–Trinajstić information content (AvgIpc) is 2.88. The fourth-order valence-electron chi connectivity index (χ4n) is 3.18. The van der Waals surface area contributed by atoms with Crippen LogP contribution < -0.4 is 15.0 Å². The van der Waals surface area contributed by atoms with Crippen molar-refractivity contribution < 1.29 is 19.2 Å². The standard InChI is InChI=1S/C20H27N3O3/c1-6-23-14(2)10-18(15(23)3)19(24)12-22(4)13-20(25)21-16-8-7-9-17(11-16)26-5/h7-11H,6,12-13H2,1-5H3,(H,21,25)/p+1. The summed E-state index contributed by atoms with van der Waals surface area (Å²) < 4.78 is 7.27. The number of Topliss-reactive ketones (excluding diaryl/α,β-unsaturated/α-hetero) is 1. The number of amides is 1. The van der Waals surface area contributed by atoms with E-state index in [2.05, 4.69) is 16.8 Å². The van der Waals surface area contributed by atoms with Gasteiger partial charge in [0, 0.05) is 35.2 Å².